The summed E-state index contributed by atoms with van der Waals surface area (Å²) in [6.45, 7) is 6.76. The number of para-hydroxylation sites is 1. The molecule has 2 aromatic rings. The molecule has 4 nitrogen and oxygen atoms in total. The molecule has 134 valence electrons. The van der Waals surface area contributed by atoms with Crippen molar-refractivity contribution in [2.45, 2.75) is 33.3 Å². The van der Waals surface area contributed by atoms with Crippen LogP contribution in [0.2, 0.25) is 5.02 Å². The molecule has 1 N–H and O–H groups in total. The van der Waals surface area contributed by atoms with Crippen LogP contribution in [-0.2, 0) is 4.79 Å². The summed E-state index contributed by atoms with van der Waals surface area (Å²) >= 11 is 6.07. The fourth-order valence-electron chi connectivity index (χ4n) is 2.43. The molecule has 1 amide bonds. The highest BCUT2D eigenvalue weighted by molar-refractivity contribution is 6.32. The maximum Gasteiger partial charge on any atom is 0.261 e. The molecule has 0 aliphatic heterocycles. The van der Waals surface area contributed by atoms with Crippen molar-refractivity contribution in [3.05, 3.63) is 58.6 Å². The van der Waals surface area contributed by atoms with Crippen LogP contribution in [0.4, 0.5) is 0 Å². The highest BCUT2D eigenvalue weighted by Gasteiger charge is 2.19. The molecule has 0 bridgehead atoms. The summed E-state index contributed by atoms with van der Waals surface area (Å²) < 4.78 is 11.4. The maximum atomic E-state index is 12.3. The predicted octanol–water partition coefficient (Wildman–Crippen LogP) is 4.31. The average molecular weight is 362 g/mol. The number of nitrogens with one attached hydrogen (secondary N) is 1. The molecule has 0 saturated carbocycles. The van der Waals surface area contributed by atoms with Crippen molar-refractivity contribution in [1.82, 2.24) is 5.32 Å². The minimum atomic E-state index is -0.582. The Kier molecular flexibility index (Phi) is 7.14. The smallest absolute Gasteiger partial charge is 0.261 e. The van der Waals surface area contributed by atoms with Crippen molar-refractivity contribution >= 4 is 17.5 Å². The third-order valence-electron chi connectivity index (χ3n) is 3.76. The second-order valence-electron chi connectivity index (χ2n) is 5.85. The molecule has 2 rings (SSSR count). The summed E-state index contributed by atoms with van der Waals surface area (Å²) in [5.41, 5.74) is 2.28. The Hall–Kier alpha value is -2.20. The molecule has 0 saturated heterocycles. The molecule has 0 aliphatic carbocycles. The standard InChI is InChI=1S/C20H24ClNO3/c1-4-17(25-19-8-6-5-7-16(19)21)20(23)22-11-12-24-18-10-9-14(2)13-15(18)3/h5-10,13,17H,4,11-12H2,1-3H3,(H,22,23). The highest BCUT2D eigenvalue weighted by Crippen LogP contribution is 2.24. The molecule has 25 heavy (non-hydrogen) atoms. The molecule has 1 atom stereocenters. The summed E-state index contributed by atoms with van der Waals surface area (Å²) in [5.74, 6) is 1.17. The van der Waals surface area contributed by atoms with Gasteiger partial charge in [-0.15, -0.1) is 0 Å². The van der Waals surface area contributed by atoms with E-state index in [0.29, 0.717) is 30.3 Å². The molecular weight excluding hydrogens is 338 g/mol. The lowest BCUT2D eigenvalue weighted by Gasteiger charge is -2.18. The summed E-state index contributed by atoms with van der Waals surface area (Å²) in [5, 5.41) is 3.33. The normalized spacial score (nSPS) is 11.7. The molecule has 0 aliphatic rings. The SMILES string of the molecule is CCC(Oc1ccccc1Cl)C(=O)NCCOc1ccc(C)cc1C. The number of carbonyl (C=O) groups excluding carboxylic acids is 1. The number of carbonyl (C=O) groups is 1. The number of halogens is 1. The maximum absolute atomic E-state index is 12.3. The molecule has 0 fully saturated rings. The van der Waals surface area contributed by atoms with E-state index in [1.807, 2.05) is 45.0 Å². The van der Waals surface area contributed by atoms with Crippen LogP contribution < -0.4 is 14.8 Å². The lowest BCUT2D eigenvalue weighted by molar-refractivity contribution is -0.128. The van der Waals surface area contributed by atoms with E-state index < -0.39 is 6.10 Å². The fraction of sp³-hybridized carbons (Fsp3) is 0.350. The van der Waals surface area contributed by atoms with Gasteiger partial charge in [-0.3, -0.25) is 4.79 Å². The van der Waals surface area contributed by atoms with Gasteiger partial charge in [0.2, 0.25) is 0 Å². The summed E-state index contributed by atoms with van der Waals surface area (Å²) in [6, 6.07) is 13.1. The second kappa shape index (κ2) is 9.33. The van der Waals surface area contributed by atoms with E-state index in [2.05, 4.69) is 11.4 Å². The van der Waals surface area contributed by atoms with Crippen molar-refractivity contribution in [1.29, 1.82) is 0 Å². The third-order valence-corrected chi connectivity index (χ3v) is 4.07. The topological polar surface area (TPSA) is 47.6 Å². The number of aryl methyl sites for hydroxylation is 2. The molecule has 0 aromatic heterocycles. The Morgan fingerprint density at radius 2 is 1.92 bits per heavy atom. The van der Waals surface area contributed by atoms with Crippen LogP contribution in [-0.4, -0.2) is 25.2 Å². The monoisotopic (exact) mass is 361 g/mol. The Balaban J connectivity index is 1.81. The number of hydrogen-bond donors (Lipinski definition) is 1. The van der Waals surface area contributed by atoms with Crippen molar-refractivity contribution < 1.29 is 14.3 Å². The predicted molar refractivity (Wildman–Crippen MR) is 101 cm³/mol. The number of rotatable bonds is 8. The van der Waals surface area contributed by atoms with Gasteiger partial charge in [0, 0.05) is 0 Å². The number of hydrogen-bond acceptors (Lipinski definition) is 3. The summed E-state index contributed by atoms with van der Waals surface area (Å²) in [7, 11) is 0. The molecule has 0 spiro atoms. The Morgan fingerprint density at radius 1 is 1.16 bits per heavy atom. The van der Waals surface area contributed by atoms with Gasteiger partial charge < -0.3 is 14.8 Å². The number of ether oxygens (including phenoxy) is 2. The first kappa shape index (κ1) is 19.1. The largest absolute Gasteiger partial charge is 0.491 e. The van der Waals surface area contributed by atoms with E-state index in [4.69, 9.17) is 21.1 Å². The fourth-order valence-corrected chi connectivity index (χ4v) is 2.61. The van der Waals surface area contributed by atoms with Gasteiger partial charge in [0.15, 0.2) is 6.10 Å². The van der Waals surface area contributed by atoms with Crippen molar-refractivity contribution in [2.75, 3.05) is 13.2 Å². The van der Waals surface area contributed by atoms with Crippen LogP contribution in [0.5, 0.6) is 11.5 Å². The van der Waals surface area contributed by atoms with Crippen LogP contribution in [0.1, 0.15) is 24.5 Å². The first-order chi connectivity index (χ1) is 12.0. The first-order valence-corrected chi connectivity index (χ1v) is 8.78. The molecule has 5 heteroatoms. The van der Waals surface area contributed by atoms with E-state index in [1.54, 1.807) is 12.1 Å². The van der Waals surface area contributed by atoms with Gasteiger partial charge in [-0.05, 0) is 44.0 Å². The zero-order chi connectivity index (χ0) is 18.2. The van der Waals surface area contributed by atoms with Gasteiger partial charge in [-0.1, -0.05) is 48.4 Å². The van der Waals surface area contributed by atoms with E-state index >= 15 is 0 Å². The van der Waals surface area contributed by atoms with Gasteiger partial charge in [0.25, 0.3) is 5.91 Å². The van der Waals surface area contributed by atoms with Crippen LogP contribution >= 0.6 is 11.6 Å². The molecular formula is C20H24ClNO3. The quantitative estimate of drug-likeness (QED) is 0.713. The lowest BCUT2D eigenvalue weighted by atomic mass is 10.1. The summed E-state index contributed by atoms with van der Waals surface area (Å²) in [4.78, 5) is 12.3. The zero-order valence-electron chi connectivity index (χ0n) is 14.8. The van der Waals surface area contributed by atoms with Crippen molar-refractivity contribution in [3.8, 4) is 11.5 Å². The van der Waals surface area contributed by atoms with Gasteiger partial charge in [0.1, 0.15) is 18.1 Å². The Labute approximate surface area is 154 Å². The van der Waals surface area contributed by atoms with Gasteiger partial charge in [0.05, 0.1) is 11.6 Å². The second-order valence-corrected chi connectivity index (χ2v) is 6.26. The molecule has 2 aromatic carbocycles. The third kappa shape index (κ3) is 5.68. The zero-order valence-corrected chi connectivity index (χ0v) is 15.6. The molecule has 0 heterocycles. The highest BCUT2D eigenvalue weighted by atomic mass is 35.5. The van der Waals surface area contributed by atoms with Gasteiger partial charge >= 0.3 is 0 Å². The van der Waals surface area contributed by atoms with E-state index in [9.17, 15) is 4.79 Å². The first-order valence-electron chi connectivity index (χ1n) is 8.40. The molecule has 0 radical (unpaired) electrons. The van der Waals surface area contributed by atoms with Crippen LogP contribution in [0.25, 0.3) is 0 Å². The molecule has 1 unspecified atom stereocenters. The van der Waals surface area contributed by atoms with Crippen LogP contribution in [0, 0.1) is 13.8 Å². The van der Waals surface area contributed by atoms with E-state index in [0.717, 1.165) is 11.3 Å². The van der Waals surface area contributed by atoms with Crippen molar-refractivity contribution in [3.63, 3.8) is 0 Å². The Morgan fingerprint density at radius 3 is 2.60 bits per heavy atom. The number of amides is 1. The Bertz CT molecular complexity index is 718. The van der Waals surface area contributed by atoms with Gasteiger partial charge in [-0.25, -0.2) is 0 Å². The van der Waals surface area contributed by atoms with Gasteiger partial charge in [-0.2, -0.15) is 0 Å². The lowest BCUT2D eigenvalue weighted by Crippen LogP contribution is -2.39. The summed E-state index contributed by atoms with van der Waals surface area (Å²) in [6.07, 6.45) is -0.0318. The average Bonchev–Trinajstić information content (AvgIpc) is 2.59. The van der Waals surface area contributed by atoms with Crippen LogP contribution in [0.15, 0.2) is 42.5 Å². The number of benzene rings is 2. The van der Waals surface area contributed by atoms with E-state index in [-0.39, 0.29) is 5.91 Å². The minimum Gasteiger partial charge on any atom is -0.491 e. The van der Waals surface area contributed by atoms with Crippen molar-refractivity contribution in [2.24, 2.45) is 0 Å². The minimum absolute atomic E-state index is 0.174. The van der Waals surface area contributed by atoms with E-state index in [1.165, 1.54) is 5.56 Å². The van der Waals surface area contributed by atoms with Crippen LogP contribution in [0.3, 0.4) is 0 Å².